The summed E-state index contributed by atoms with van der Waals surface area (Å²) in [6.07, 6.45) is 3.37. The maximum atomic E-state index is 6.13. The average Bonchev–Trinajstić information content (AvgIpc) is 2.47. The lowest BCUT2D eigenvalue weighted by Gasteiger charge is -2.22. The highest BCUT2D eigenvalue weighted by Gasteiger charge is 2.16. The van der Waals surface area contributed by atoms with Crippen molar-refractivity contribution in [2.24, 2.45) is 5.73 Å². The molecule has 3 heteroatoms. The molecule has 20 heavy (non-hydrogen) atoms. The van der Waals surface area contributed by atoms with Crippen LogP contribution in [0.4, 0.5) is 0 Å². The Morgan fingerprint density at radius 3 is 2.75 bits per heavy atom. The lowest BCUT2D eigenvalue weighted by molar-refractivity contribution is 0.305. The minimum Gasteiger partial charge on any atom is -0.489 e. The molecule has 2 nitrogen and oxygen atoms in total. The topological polar surface area (TPSA) is 35.2 Å². The van der Waals surface area contributed by atoms with Crippen LogP contribution in [0.2, 0.25) is 0 Å². The molecule has 0 aliphatic heterocycles. The Bertz CT molecular complexity index is 594. The Hall–Kier alpha value is -1.32. The standard InChI is InChI=1S/C17H18BrNO/c18-14-6-4-12(5-7-14)11-20-15-8-9-16-13(10-15)2-1-3-17(16)19/h4-10,17H,1-3,11,19H2. The third-order valence-electron chi connectivity index (χ3n) is 3.79. The molecule has 0 fully saturated rings. The van der Waals surface area contributed by atoms with E-state index in [1.54, 1.807) is 0 Å². The molecular weight excluding hydrogens is 314 g/mol. The van der Waals surface area contributed by atoms with E-state index in [9.17, 15) is 0 Å². The summed E-state index contributed by atoms with van der Waals surface area (Å²) < 4.78 is 6.96. The molecule has 0 saturated carbocycles. The van der Waals surface area contributed by atoms with Crippen molar-refractivity contribution in [3.63, 3.8) is 0 Å². The SMILES string of the molecule is NC1CCCc2cc(OCc3ccc(Br)cc3)ccc21. The van der Waals surface area contributed by atoms with E-state index in [-0.39, 0.29) is 6.04 Å². The number of benzene rings is 2. The lowest BCUT2D eigenvalue weighted by atomic mass is 9.88. The molecule has 0 spiro atoms. The Balaban J connectivity index is 1.70. The quantitative estimate of drug-likeness (QED) is 0.906. The molecule has 0 bridgehead atoms. The van der Waals surface area contributed by atoms with E-state index in [1.165, 1.54) is 23.1 Å². The van der Waals surface area contributed by atoms with Crippen LogP contribution in [0.1, 0.15) is 35.6 Å². The van der Waals surface area contributed by atoms with Crippen molar-refractivity contribution < 1.29 is 4.74 Å². The number of aryl methyl sites for hydroxylation is 1. The van der Waals surface area contributed by atoms with E-state index >= 15 is 0 Å². The van der Waals surface area contributed by atoms with Crippen LogP contribution in [-0.2, 0) is 13.0 Å². The zero-order valence-electron chi connectivity index (χ0n) is 11.3. The second-order valence-electron chi connectivity index (χ2n) is 5.27. The minimum absolute atomic E-state index is 0.194. The van der Waals surface area contributed by atoms with Crippen LogP contribution >= 0.6 is 15.9 Å². The summed E-state index contributed by atoms with van der Waals surface area (Å²) in [7, 11) is 0. The maximum absolute atomic E-state index is 6.13. The van der Waals surface area contributed by atoms with Gasteiger partial charge in [0.15, 0.2) is 0 Å². The maximum Gasteiger partial charge on any atom is 0.120 e. The summed E-state index contributed by atoms with van der Waals surface area (Å²) in [6.45, 7) is 0.595. The Labute approximate surface area is 128 Å². The highest BCUT2D eigenvalue weighted by atomic mass is 79.9. The van der Waals surface area contributed by atoms with E-state index in [1.807, 2.05) is 18.2 Å². The van der Waals surface area contributed by atoms with E-state index in [0.717, 1.165) is 23.1 Å². The zero-order chi connectivity index (χ0) is 13.9. The molecule has 1 unspecified atom stereocenters. The van der Waals surface area contributed by atoms with Crippen molar-refractivity contribution in [3.05, 3.63) is 63.6 Å². The van der Waals surface area contributed by atoms with Crippen LogP contribution in [0.5, 0.6) is 5.75 Å². The third-order valence-corrected chi connectivity index (χ3v) is 4.32. The van der Waals surface area contributed by atoms with Gasteiger partial charge in [0.05, 0.1) is 0 Å². The first kappa shape index (κ1) is 13.7. The molecule has 2 aromatic carbocycles. The van der Waals surface area contributed by atoms with E-state index in [0.29, 0.717) is 6.61 Å². The normalized spacial score (nSPS) is 17.6. The van der Waals surface area contributed by atoms with Crippen LogP contribution in [0.15, 0.2) is 46.9 Å². The van der Waals surface area contributed by atoms with Crippen molar-refractivity contribution >= 4 is 15.9 Å². The van der Waals surface area contributed by atoms with Gasteiger partial charge in [-0.1, -0.05) is 34.1 Å². The number of hydrogen-bond donors (Lipinski definition) is 1. The fourth-order valence-corrected chi connectivity index (χ4v) is 2.93. The number of nitrogens with two attached hydrogens (primary N) is 1. The van der Waals surface area contributed by atoms with Gasteiger partial charge in [-0.25, -0.2) is 0 Å². The number of ether oxygens (including phenoxy) is 1. The number of hydrogen-bond acceptors (Lipinski definition) is 2. The molecule has 0 aromatic heterocycles. The van der Waals surface area contributed by atoms with Crippen LogP contribution in [0.3, 0.4) is 0 Å². The molecule has 0 heterocycles. The van der Waals surface area contributed by atoms with Crippen molar-refractivity contribution in [3.8, 4) is 5.75 Å². The van der Waals surface area contributed by atoms with Gasteiger partial charge >= 0.3 is 0 Å². The Morgan fingerprint density at radius 2 is 1.95 bits per heavy atom. The monoisotopic (exact) mass is 331 g/mol. The van der Waals surface area contributed by atoms with Gasteiger partial charge in [-0.05, 0) is 60.2 Å². The molecule has 3 rings (SSSR count). The molecule has 2 N–H and O–H groups in total. The van der Waals surface area contributed by atoms with Crippen molar-refractivity contribution in [2.75, 3.05) is 0 Å². The predicted molar refractivity (Wildman–Crippen MR) is 84.8 cm³/mol. The van der Waals surface area contributed by atoms with E-state index < -0.39 is 0 Å². The summed E-state index contributed by atoms with van der Waals surface area (Å²) in [6, 6.07) is 14.7. The molecule has 2 aromatic rings. The van der Waals surface area contributed by atoms with E-state index in [4.69, 9.17) is 10.5 Å². The summed E-state index contributed by atoms with van der Waals surface area (Å²) >= 11 is 3.44. The summed E-state index contributed by atoms with van der Waals surface area (Å²) in [5.41, 5.74) is 9.93. The number of halogens is 1. The van der Waals surface area contributed by atoms with Crippen LogP contribution in [0, 0.1) is 0 Å². The summed E-state index contributed by atoms with van der Waals surface area (Å²) in [5, 5.41) is 0. The first-order valence-corrected chi connectivity index (χ1v) is 7.77. The van der Waals surface area contributed by atoms with Crippen LogP contribution < -0.4 is 10.5 Å². The van der Waals surface area contributed by atoms with Crippen LogP contribution in [-0.4, -0.2) is 0 Å². The van der Waals surface area contributed by atoms with Gasteiger partial charge in [0.25, 0.3) is 0 Å². The minimum atomic E-state index is 0.194. The second-order valence-corrected chi connectivity index (χ2v) is 6.19. The van der Waals surface area contributed by atoms with Gasteiger partial charge in [0, 0.05) is 10.5 Å². The molecule has 104 valence electrons. The van der Waals surface area contributed by atoms with Crippen molar-refractivity contribution in [1.29, 1.82) is 0 Å². The van der Waals surface area contributed by atoms with Gasteiger partial charge in [-0.3, -0.25) is 0 Å². The summed E-state index contributed by atoms with van der Waals surface area (Å²) in [5.74, 6) is 0.931. The van der Waals surface area contributed by atoms with E-state index in [2.05, 4.69) is 40.2 Å². The first-order chi connectivity index (χ1) is 9.72. The van der Waals surface area contributed by atoms with Crippen molar-refractivity contribution in [2.45, 2.75) is 31.9 Å². The highest BCUT2D eigenvalue weighted by Crippen LogP contribution is 2.30. The molecule has 1 aliphatic rings. The number of fused-ring (bicyclic) bond motifs is 1. The molecule has 0 radical (unpaired) electrons. The van der Waals surface area contributed by atoms with Gasteiger partial charge in [-0.15, -0.1) is 0 Å². The zero-order valence-corrected chi connectivity index (χ0v) is 12.9. The van der Waals surface area contributed by atoms with Gasteiger partial charge in [-0.2, -0.15) is 0 Å². The van der Waals surface area contributed by atoms with Gasteiger partial charge < -0.3 is 10.5 Å². The smallest absolute Gasteiger partial charge is 0.120 e. The second kappa shape index (κ2) is 5.98. The largest absolute Gasteiger partial charge is 0.489 e. The first-order valence-electron chi connectivity index (χ1n) is 6.98. The predicted octanol–water partition coefficient (Wildman–Crippen LogP) is 4.36. The number of rotatable bonds is 3. The van der Waals surface area contributed by atoms with Gasteiger partial charge in [0.1, 0.15) is 12.4 Å². The lowest BCUT2D eigenvalue weighted by Crippen LogP contribution is -2.17. The van der Waals surface area contributed by atoms with Crippen LogP contribution in [0.25, 0.3) is 0 Å². The third kappa shape index (κ3) is 3.05. The fraction of sp³-hybridized carbons (Fsp3) is 0.294. The molecule has 1 aliphatic carbocycles. The molecule has 0 amide bonds. The fourth-order valence-electron chi connectivity index (χ4n) is 2.67. The summed E-state index contributed by atoms with van der Waals surface area (Å²) in [4.78, 5) is 0. The molecule has 0 saturated heterocycles. The Kier molecular flexibility index (Phi) is 4.08. The van der Waals surface area contributed by atoms with Gasteiger partial charge in [0.2, 0.25) is 0 Å². The molecule has 1 atom stereocenters. The van der Waals surface area contributed by atoms with Crippen molar-refractivity contribution in [1.82, 2.24) is 0 Å². The highest BCUT2D eigenvalue weighted by molar-refractivity contribution is 9.10. The Morgan fingerprint density at radius 1 is 1.15 bits per heavy atom. The average molecular weight is 332 g/mol. The molecular formula is C17H18BrNO.